The molecule has 1 N–H and O–H groups in total. The van der Waals surface area contributed by atoms with E-state index >= 15 is 0 Å². The molecule has 0 aliphatic heterocycles. The third-order valence-corrected chi connectivity index (χ3v) is 3.03. The molecule has 2 rings (SSSR count). The van der Waals surface area contributed by atoms with Gasteiger partial charge in [-0.15, -0.1) is 11.3 Å². The third kappa shape index (κ3) is 2.72. The van der Waals surface area contributed by atoms with Crippen molar-refractivity contribution >= 4 is 17.2 Å². The molecule has 0 aliphatic carbocycles. The second kappa shape index (κ2) is 5.11. The Morgan fingerprint density at radius 2 is 2.47 bits per heavy atom. The van der Waals surface area contributed by atoms with Gasteiger partial charge in [-0.3, -0.25) is 9.63 Å². The molecule has 90 valence electrons. The summed E-state index contributed by atoms with van der Waals surface area (Å²) >= 11 is 1.55. The van der Waals surface area contributed by atoms with E-state index in [4.69, 9.17) is 4.42 Å². The van der Waals surface area contributed by atoms with Gasteiger partial charge in [0.2, 0.25) is 11.8 Å². The van der Waals surface area contributed by atoms with Crippen molar-refractivity contribution in [3.05, 3.63) is 29.0 Å². The number of carbonyl (C=O) groups excluding carboxylic acids is 1. The standard InChI is InChI=1S/C11H12N2O3S/c1-7-8(6-10(14)13-15-2)12-11(16-7)9-4-3-5-17-9/h3-5H,6H2,1-2H3,(H,13,14). The number of hydrogen-bond donors (Lipinski definition) is 1. The SMILES string of the molecule is CONC(=O)Cc1nc(-c2cccs2)oc1C. The highest BCUT2D eigenvalue weighted by atomic mass is 32.1. The normalized spacial score (nSPS) is 10.5. The van der Waals surface area contributed by atoms with Crippen LogP contribution in [0.1, 0.15) is 11.5 Å². The van der Waals surface area contributed by atoms with Gasteiger partial charge in [0.05, 0.1) is 24.1 Å². The lowest BCUT2D eigenvalue weighted by Crippen LogP contribution is -2.24. The third-order valence-electron chi connectivity index (χ3n) is 2.17. The molecule has 0 aliphatic rings. The molecule has 0 unspecified atom stereocenters. The second-order valence-electron chi connectivity index (χ2n) is 3.41. The first-order chi connectivity index (χ1) is 8.20. The van der Waals surface area contributed by atoms with Crippen LogP contribution in [0.15, 0.2) is 21.9 Å². The molecule has 0 spiro atoms. The van der Waals surface area contributed by atoms with Crippen LogP contribution in [0.3, 0.4) is 0 Å². The van der Waals surface area contributed by atoms with E-state index in [1.807, 2.05) is 17.5 Å². The first-order valence-electron chi connectivity index (χ1n) is 5.02. The van der Waals surface area contributed by atoms with Crippen molar-refractivity contribution in [3.8, 4) is 10.8 Å². The Morgan fingerprint density at radius 3 is 3.12 bits per heavy atom. The summed E-state index contributed by atoms with van der Waals surface area (Å²) in [6, 6.07) is 3.85. The number of aryl methyl sites for hydroxylation is 1. The van der Waals surface area contributed by atoms with Gasteiger partial charge in [-0.05, 0) is 18.4 Å². The first-order valence-corrected chi connectivity index (χ1v) is 5.90. The monoisotopic (exact) mass is 252 g/mol. The molecule has 2 aromatic rings. The zero-order valence-corrected chi connectivity index (χ0v) is 10.3. The fourth-order valence-corrected chi connectivity index (χ4v) is 2.05. The highest BCUT2D eigenvalue weighted by Gasteiger charge is 2.14. The predicted molar refractivity (Wildman–Crippen MR) is 63.4 cm³/mol. The van der Waals surface area contributed by atoms with Crippen molar-refractivity contribution in [2.24, 2.45) is 0 Å². The van der Waals surface area contributed by atoms with Crippen LogP contribution in [0.4, 0.5) is 0 Å². The Hall–Kier alpha value is -1.66. The van der Waals surface area contributed by atoms with Gasteiger partial charge in [0.15, 0.2) is 0 Å². The molecule has 6 heteroatoms. The maximum absolute atomic E-state index is 11.3. The molecule has 0 bridgehead atoms. The highest BCUT2D eigenvalue weighted by Crippen LogP contribution is 2.25. The van der Waals surface area contributed by atoms with Gasteiger partial charge in [-0.2, -0.15) is 0 Å². The smallest absolute Gasteiger partial charge is 0.249 e. The maximum Gasteiger partial charge on any atom is 0.249 e. The van der Waals surface area contributed by atoms with E-state index in [9.17, 15) is 4.79 Å². The average Bonchev–Trinajstić information content (AvgIpc) is 2.89. The van der Waals surface area contributed by atoms with Gasteiger partial charge in [0, 0.05) is 0 Å². The number of aromatic nitrogens is 1. The number of rotatable bonds is 4. The fourth-order valence-electron chi connectivity index (χ4n) is 1.40. The first kappa shape index (κ1) is 11.8. The number of oxazole rings is 1. The lowest BCUT2D eigenvalue weighted by atomic mass is 10.2. The average molecular weight is 252 g/mol. The lowest BCUT2D eigenvalue weighted by molar-refractivity contribution is -0.130. The summed E-state index contributed by atoms with van der Waals surface area (Å²) in [6.45, 7) is 1.79. The maximum atomic E-state index is 11.3. The molecule has 0 atom stereocenters. The van der Waals surface area contributed by atoms with Gasteiger partial charge in [-0.1, -0.05) is 6.07 Å². The van der Waals surface area contributed by atoms with Crippen LogP contribution in [-0.4, -0.2) is 18.0 Å². The quantitative estimate of drug-likeness (QED) is 0.844. The van der Waals surface area contributed by atoms with Crippen molar-refractivity contribution in [2.45, 2.75) is 13.3 Å². The summed E-state index contributed by atoms with van der Waals surface area (Å²) in [5.74, 6) is 0.957. The molecule has 2 heterocycles. The fraction of sp³-hybridized carbons (Fsp3) is 0.273. The highest BCUT2D eigenvalue weighted by molar-refractivity contribution is 7.13. The number of amides is 1. The van der Waals surface area contributed by atoms with Gasteiger partial charge < -0.3 is 4.42 Å². The minimum atomic E-state index is -0.248. The van der Waals surface area contributed by atoms with Crippen LogP contribution in [0.25, 0.3) is 10.8 Å². The number of nitrogens with zero attached hydrogens (tertiary/aromatic N) is 1. The summed E-state index contributed by atoms with van der Waals surface area (Å²) in [7, 11) is 1.39. The Labute approximate surface area is 102 Å². The van der Waals surface area contributed by atoms with Crippen molar-refractivity contribution in [2.75, 3.05) is 7.11 Å². The zero-order chi connectivity index (χ0) is 12.3. The summed E-state index contributed by atoms with van der Waals surface area (Å²) in [4.78, 5) is 21.1. The molecule has 0 aromatic carbocycles. The van der Waals surface area contributed by atoms with Crippen molar-refractivity contribution in [1.29, 1.82) is 0 Å². The van der Waals surface area contributed by atoms with Gasteiger partial charge >= 0.3 is 0 Å². The Bertz CT molecular complexity index is 505. The summed E-state index contributed by atoms with van der Waals surface area (Å²) < 4.78 is 5.52. The molecule has 1 amide bonds. The van der Waals surface area contributed by atoms with Crippen molar-refractivity contribution < 1.29 is 14.0 Å². The number of carbonyl (C=O) groups is 1. The molecule has 0 saturated heterocycles. The van der Waals surface area contributed by atoms with Crippen LogP contribution in [0.2, 0.25) is 0 Å². The second-order valence-corrected chi connectivity index (χ2v) is 4.35. The molecule has 2 aromatic heterocycles. The predicted octanol–water partition coefficient (Wildman–Crippen LogP) is 1.93. The van der Waals surface area contributed by atoms with E-state index in [1.165, 1.54) is 7.11 Å². The zero-order valence-electron chi connectivity index (χ0n) is 9.52. The molecule has 0 fully saturated rings. The molecule has 5 nitrogen and oxygen atoms in total. The molecule has 0 saturated carbocycles. The Morgan fingerprint density at radius 1 is 1.65 bits per heavy atom. The van der Waals surface area contributed by atoms with Gasteiger partial charge in [0.25, 0.3) is 0 Å². The van der Waals surface area contributed by atoms with Crippen LogP contribution < -0.4 is 5.48 Å². The molecule has 17 heavy (non-hydrogen) atoms. The van der Waals surface area contributed by atoms with Crippen LogP contribution >= 0.6 is 11.3 Å². The summed E-state index contributed by atoms with van der Waals surface area (Å²) in [5.41, 5.74) is 2.87. The number of hydrogen-bond acceptors (Lipinski definition) is 5. The van der Waals surface area contributed by atoms with E-state index in [0.29, 0.717) is 17.3 Å². The Kier molecular flexibility index (Phi) is 3.55. The van der Waals surface area contributed by atoms with Gasteiger partial charge in [0.1, 0.15) is 5.76 Å². The van der Waals surface area contributed by atoms with E-state index < -0.39 is 0 Å². The van der Waals surface area contributed by atoms with E-state index in [2.05, 4.69) is 15.3 Å². The largest absolute Gasteiger partial charge is 0.440 e. The Balaban J connectivity index is 2.17. The van der Waals surface area contributed by atoms with Crippen molar-refractivity contribution in [3.63, 3.8) is 0 Å². The van der Waals surface area contributed by atoms with E-state index in [-0.39, 0.29) is 12.3 Å². The number of nitrogens with one attached hydrogen (secondary N) is 1. The lowest BCUT2D eigenvalue weighted by Gasteiger charge is -1.98. The molecule has 0 radical (unpaired) electrons. The molecular weight excluding hydrogens is 240 g/mol. The van der Waals surface area contributed by atoms with Crippen LogP contribution in [0, 0.1) is 6.92 Å². The van der Waals surface area contributed by atoms with Crippen LogP contribution in [-0.2, 0) is 16.1 Å². The van der Waals surface area contributed by atoms with Gasteiger partial charge in [-0.25, -0.2) is 10.5 Å². The summed E-state index contributed by atoms with van der Waals surface area (Å²) in [5, 5.41) is 1.95. The van der Waals surface area contributed by atoms with E-state index in [0.717, 1.165) is 4.88 Å². The topological polar surface area (TPSA) is 64.4 Å². The van der Waals surface area contributed by atoms with Crippen LogP contribution in [0.5, 0.6) is 0 Å². The number of hydroxylamine groups is 1. The van der Waals surface area contributed by atoms with Crippen molar-refractivity contribution in [1.82, 2.24) is 10.5 Å². The minimum absolute atomic E-state index is 0.147. The molecular formula is C11H12N2O3S. The van der Waals surface area contributed by atoms with E-state index in [1.54, 1.807) is 18.3 Å². The minimum Gasteiger partial charge on any atom is -0.440 e. The number of thiophene rings is 1. The summed E-state index contributed by atoms with van der Waals surface area (Å²) in [6.07, 6.45) is 0.147.